The van der Waals surface area contributed by atoms with Gasteiger partial charge in [0, 0.05) is 17.3 Å². The minimum atomic E-state index is -0.797. The van der Waals surface area contributed by atoms with Crippen LogP contribution in [0.1, 0.15) is 33.2 Å². The normalized spacial score (nSPS) is 10.1. The van der Waals surface area contributed by atoms with Gasteiger partial charge in [0.05, 0.1) is 11.5 Å². The average Bonchev–Trinajstić information content (AvgIpc) is 2.56. The number of nitro groups is 1. The number of carbonyl (C=O) groups is 2. The van der Waals surface area contributed by atoms with Crippen LogP contribution in [0.25, 0.3) is 0 Å². The molecule has 7 nitrogen and oxygen atoms in total. The highest BCUT2D eigenvalue weighted by Crippen LogP contribution is 2.22. The van der Waals surface area contributed by atoms with E-state index in [1.165, 1.54) is 12.1 Å². The number of hydrogen-bond acceptors (Lipinski definition) is 5. The number of esters is 1. The quantitative estimate of drug-likeness (QED) is 0.515. The molecule has 0 saturated heterocycles. The number of hydrogen-bond donors (Lipinski definition) is 1. The molecule has 24 heavy (non-hydrogen) atoms. The highest BCUT2D eigenvalue weighted by Gasteiger charge is 2.23. The number of nitrogens with one attached hydrogen (secondary N) is 1. The third kappa shape index (κ3) is 3.95. The van der Waals surface area contributed by atoms with E-state index >= 15 is 0 Å². The van der Waals surface area contributed by atoms with Crippen LogP contribution in [0, 0.1) is 17.0 Å². The summed E-state index contributed by atoms with van der Waals surface area (Å²) in [6, 6.07) is 10.8. The predicted octanol–water partition coefficient (Wildman–Crippen LogP) is 3.33. The van der Waals surface area contributed by atoms with Gasteiger partial charge in [-0.05, 0) is 38.1 Å². The van der Waals surface area contributed by atoms with E-state index in [0.29, 0.717) is 5.69 Å². The second-order valence-corrected chi connectivity index (χ2v) is 5.03. The predicted molar refractivity (Wildman–Crippen MR) is 88.2 cm³/mol. The van der Waals surface area contributed by atoms with Gasteiger partial charge in [0.25, 0.3) is 11.6 Å². The molecule has 2 rings (SSSR count). The molecule has 0 aliphatic carbocycles. The maximum Gasteiger partial charge on any atom is 0.345 e. The van der Waals surface area contributed by atoms with Crippen LogP contribution in [0.2, 0.25) is 0 Å². The summed E-state index contributed by atoms with van der Waals surface area (Å²) < 4.78 is 4.78. The van der Waals surface area contributed by atoms with Gasteiger partial charge < -0.3 is 10.1 Å². The van der Waals surface area contributed by atoms with Gasteiger partial charge in [-0.3, -0.25) is 14.9 Å². The minimum Gasteiger partial charge on any atom is -0.462 e. The van der Waals surface area contributed by atoms with Crippen molar-refractivity contribution >= 4 is 23.3 Å². The summed E-state index contributed by atoms with van der Waals surface area (Å²) in [6.45, 7) is 3.63. The summed E-state index contributed by atoms with van der Waals surface area (Å²) in [6.07, 6.45) is 0. The van der Waals surface area contributed by atoms with E-state index in [1.54, 1.807) is 19.1 Å². The third-order valence-corrected chi connectivity index (χ3v) is 3.26. The fraction of sp³-hybridized carbons (Fsp3) is 0.176. The Kier molecular flexibility index (Phi) is 5.26. The number of carbonyl (C=O) groups excluding carboxylic acids is 2. The van der Waals surface area contributed by atoms with Crippen molar-refractivity contribution in [1.29, 1.82) is 0 Å². The molecule has 0 aliphatic rings. The lowest BCUT2D eigenvalue weighted by atomic mass is 10.1. The number of nitrogens with zero attached hydrogens (tertiary/aromatic N) is 1. The van der Waals surface area contributed by atoms with Crippen LogP contribution in [-0.4, -0.2) is 23.4 Å². The van der Waals surface area contributed by atoms with E-state index in [2.05, 4.69) is 5.32 Å². The summed E-state index contributed by atoms with van der Waals surface area (Å²) in [5, 5.41) is 13.8. The molecule has 0 aromatic heterocycles. The van der Waals surface area contributed by atoms with Crippen LogP contribution in [0.15, 0.2) is 42.5 Å². The Balaban J connectivity index is 2.28. The first kappa shape index (κ1) is 17.1. The lowest BCUT2D eigenvalue weighted by Crippen LogP contribution is -2.14. The molecule has 0 unspecified atom stereocenters. The Morgan fingerprint density at radius 3 is 2.42 bits per heavy atom. The molecule has 2 aromatic rings. The highest BCUT2D eigenvalue weighted by atomic mass is 16.6. The van der Waals surface area contributed by atoms with Crippen LogP contribution in [0.5, 0.6) is 0 Å². The van der Waals surface area contributed by atoms with Crippen molar-refractivity contribution < 1.29 is 19.2 Å². The standard InChI is InChI=1S/C17H16N2O5/c1-3-24-17(21)14-9-6-12(10-15(14)19(22)23)16(20)18-13-7-4-11(2)5-8-13/h4-10H,3H2,1-2H3,(H,18,20). The Morgan fingerprint density at radius 2 is 1.83 bits per heavy atom. The monoisotopic (exact) mass is 328 g/mol. The largest absolute Gasteiger partial charge is 0.462 e. The lowest BCUT2D eigenvalue weighted by Gasteiger charge is -2.07. The Hall–Kier alpha value is -3.22. The van der Waals surface area contributed by atoms with Crippen molar-refractivity contribution in [2.75, 3.05) is 11.9 Å². The molecule has 1 N–H and O–H groups in total. The maximum atomic E-state index is 12.2. The van der Waals surface area contributed by atoms with E-state index in [-0.39, 0.29) is 17.7 Å². The molecule has 1 amide bonds. The number of ether oxygens (including phenoxy) is 1. The Morgan fingerprint density at radius 1 is 1.17 bits per heavy atom. The van der Waals surface area contributed by atoms with E-state index in [9.17, 15) is 19.7 Å². The highest BCUT2D eigenvalue weighted by molar-refractivity contribution is 6.06. The van der Waals surface area contributed by atoms with Crippen molar-refractivity contribution in [3.05, 3.63) is 69.3 Å². The lowest BCUT2D eigenvalue weighted by molar-refractivity contribution is -0.385. The molecule has 0 fully saturated rings. The van der Waals surface area contributed by atoms with Crippen LogP contribution < -0.4 is 5.32 Å². The zero-order chi connectivity index (χ0) is 17.7. The van der Waals surface area contributed by atoms with Gasteiger partial charge in [-0.1, -0.05) is 17.7 Å². The first-order valence-electron chi connectivity index (χ1n) is 7.26. The molecule has 2 aromatic carbocycles. The smallest absolute Gasteiger partial charge is 0.345 e. The zero-order valence-electron chi connectivity index (χ0n) is 13.2. The van der Waals surface area contributed by atoms with Gasteiger partial charge in [0.15, 0.2) is 0 Å². The summed E-state index contributed by atoms with van der Waals surface area (Å²) in [7, 11) is 0. The van der Waals surface area contributed by atoms with Crippen molar-refractivity contribution in [2.45, 2.75) is 13.8 Å². The van der Waals surface area contributed by atoms with Crippen molar-refractivity contribution in [3.8, 4) is 0 Å². The Labute approximate surface area is 138 Å². The summed E-state index contributed by atoms with van der Waals surface area (Å²) in [5.41, 5.74) is 1.04. The van der Waals surface area contributed by atoms with Crippen LogP contribution in [0.4, 0.5) is 11.4 Å². The SMILES string of the molecule is CCOC(=O)c1ccc(C(=O)Nc2ccc(C)cc2)cc1[N+](=O)[O-]. The van der Waals surface area contributed by atoms with Gasteiger partial charge in [0.1, 0.15) is 5.56 Å². The molecule has 0 heterocycles. The van der Waals surface area contributed by atoms with Gasteiger partial charge >= 0.3 is 5.97 Å². The molecule has 0 aliphatic heterocycles. The first-order valence-corrected chi connectivity index (χ1v) is 7.26. The number of amides is 1. The van der Waals surface area contributed by atoms with Crippen molar-refractivity contribution in [1.82, 2.24) is 0 Å². The van der Waals surface area contributed by atoms with Crippen LogP contribution >= 0.6 is 0 Å². The molecule has 0 spiro atoms. The Bertz CT molecular complexity index is 784. The van der Waals surface area contributed by atoms with Crippen molar-refractivity contribution in [2.24, 2.45) is 0 Å². The van der Waals surface area contributed by atoms with Crippen molar-refractivity contribution in [3.63, 3.8) is 0 Å². The summed E-state index contributed by atoms with van der Waals surface area (Å²) >= 11 is 0. The molecule has 124 valence electrons. The number of rotatable bonds is 5. The second kappa shape index (κ2) is 7.36. The maximum absolute atomic E-state index is 12.2. The number of anilines is 1. The van der Waals surface area contributed by atoms with Gasteiger partial charge in [-0.2, -0.15) is 0 Å². The molecule has 0 radical (unpaired) electrons. The molecular weight excluding hydrogens is 312 g/mol. The van der Waals surface area contributed by atoms with Crippen LogP contribution in [0.3, 0.4) is 0 Å². The molecule has 0 atom stereocenters. The average molecular weight is 328 g/mol. The summed E-state index contributed by atoms with van der Waals surface area (Å²) in [5.74, 6) is -1.30. The molecule has 0 bridgehead atoms. The molecule has 0 saturated carbocycles. The van der Waals surface area contributed by atoms with Gasteiger partial charge in [-0.15, -0.1) is 0 Å². The number of aryl methyl sites for hydroxylation is 1. The minimum absolute atomic E-state index is 0.0790. The molecular formula is C17H16N2O5. The first-order chi connectivity index (χ1) is 11.4. The zero-order valence-corrected chi connectivity index (χ0v) is 13.2. The topological polar surface area (TPSA) is 98.5 Å². The molecule has 7 heteroatoms. The third-order valence-electron chi connectivity index (χ3n) is 3.26. The van der Waals surface area contributed by atoms with Crippen LogP contribution in [-0.2, 0) is 4.74 Å². The number of nitro benzene ring substituents is 1. The van der Waals surface area contributed by atoms with E-state index in [0.717, 1.165) is 11.6 Å². The van der Waals surface area contributed by atoms with E-state index < -0.39 is 22.5 Å². The van der Waals surface area contributed by atoms with Gasteiger partial charge in [0.2, 0.25) is 0 Å². The fourth-order valence-corrected chi connectivity index (χ4v) is 2.05. The second-order valence-electron chi connectivity index (χ2n) is 5.03. The fourth-order valence-electron chi connectivity index (χ4n) is 2.05. The number of benzene rings is 2. The summed E-state index contributed by atoms with van der Waals surface area (Å²) in [4.78, 5) is 34.4. The van der Waals surface area contributed by atoms with E-state index in [1.807, 2.05) is 19.1 Å². The van der Waals surface area contributed by atoms with Gasteiger partial charge in [-0.25, -0.2) is 4.79 Å². The van der Waals surface area contributed by atoms with E-state index in [4.69, 9.17) is 4.74 Å².